The second-order valence-corrected chi connectivity index (χ2v) is 8.83. The van der Waals surface area contributed by atoms with E-state index in [1.165, 1.54) is 19.1 Å². The van der Waals surface area contributed by atoms with Crippen LogP contribution in [0.2, 0.25) is 0 Å². The molecule has 1 aromatic carbocycles. The Labute approximate surface area is 196 Å². The Morgan fingerprint density at radius 2 is 1.91 bits per heavy atom. The second-order valence-electron chi connectivity index (χ2n) is 8.83. The summed E-state index contributed by atoms with van der Waals surface area (Å²) in [7, 11) is 1.85. The molecule has 34 heavy (non-hydrogen) atoms. The molecule has 0 unspecified atom stereocenters. The number of fused-ring (bicyclic) bond motifs is 1. The van der Waals surface area contributed by atoms with Gasteiger partial charge in [0.05, 0.1) is 28.7 Å². The van der Waals surface area contributed by atoms with Crippen molar-refractivity contribution in [3.05, 3.63) is 64.2 Å². The minimum absolute atomic E-state index is 0.0531. The summed E-state index contributed by atoms with van der Waals surface area (Å²) in [6.45, 7) is 7.08. The number of carbonyl (C=O) groups is 1. The number of rotatable bonds is 4. The minimum Gasteiger partial charge on any atom is -0.327 e. The third-order valence-corrected chi connectivity index (χ3v) is 6.59. The van der Waals surface area contributed by atoms with E-state index < -0.39 is 23.7 Å². The lowest BCUT2D eigenvalue weighted by Crippen LogP contribution is -2.47. The quantitative estimate of drug-likeness (QED) is 0.508. The zero-order valence-electron chi connectivity index (χ0n) is 19.9. The van der Waals surface area contributed by atoms with Crippen molar-refractivity contribution in [1.82, 2.24) is 24.6 Å². The van der Waals surface area contributed by atoms with Gasteiger partial charge in [-0.2, -0.15) is 18.3 Å². The van der Waals surface area contributed by atoms with Crippen molar-refractivity contribution in [3.63, 3.8) is 0 Å². The third kappa shape index (κ3) is 4.08. The highest BCUT2D eigenvalue weighted by Gasteiger charge is 2.40. The van der Waals surface area contributed by atoms with Gasteiger partial charge in [0.2, 0.25) is 0 Å². The first-order chi connectivity index (χ1) is 16.0. The predicted molar refractivity (Wildman–Crippen MR) is 122 cm³/mol. The highest BCUT2D eigenvalue weighted by molar-refractivity contribution is 5.96. The van der Waals surface area contributed by atoms with Crippen molar-refractivity contribution in [2.45, 2.75) is 65.2 Å². The first-order valence-electron chi connectivity index (χ1n) is 11.4. The molecule has 1 aliphatic heterocycles. The van der Waals surface area contributed by atoms with Gasteiger partial charge in [-0.1, -0.05) is 19.4 Å². The van der Waals surface area contributed by atoms with E-state index >= 15 is 0 Å². The Balaban J connectivity index is 1.84. The number of hydrogen-bond acceptors (Lipinski definition) is 4. The average molecular weight is 472 g/mol. The molecule has 1 aliphatic rings. The highest BCUT2D eigenvalue weighted by Crippen LogP contribution is 2.40. The Kier molecular flexibility index (Phi) is 6.22. The number of aromatic nitrogens is 4. The molecule has 2 atom stereocenters. The van der Waals surface area contributed by atoms with Crippen molar-refractivity contribution in [2.75, 3.05) is 0 Å². The molecule has 180 valence electrons. The molecule has 9 heteroatoms. The van der Waals surface area contributed by atoms with Crippen LogP contribution in [0.25, 0.3) is 11.4 Å². The van der Waals surface area contributed by atoms with Gasteiger partial charge in [0, 0.05) is 30.4 Å². The van der Waals surface area contributed by atoms with E-state index in [0.717, 1.165) is 35.1 Å². The van der Waals surface area contributed by atoms with E-state index in [1.807, 2.05) is 27.0 Å². The fraction of sp³-hybridized carbons (Fsp3) is 0.440. The van der Waals surface area contributed by atoms with Crippen LogP contribution in [0.1, 0.15) is 71.3 Å². The molecule has 3 aromatic rings. The number of halogens is 3. The monoisotopic (exact) mass is 471 g/mol. The normalized spacial score (nSPS) is 18.2. The van der Waals surface area contributed by atoms with Crippen molar-refractivity contribution < 1.29 is 18.0 Å². The van der Waals surface area contributed by atoms with Crippen LogP contribution in [0.15, 0.2) is 30.5 Å². The van der Waals surface area contributed by atoms with Crippen LogP contribution in [-0.4, -0.2) is 36.6 Å². The van der Waals surface area contributed by atoms with Gasteiger partial charge in [-0.3, -0.25) is 9.48 Å². The summed E-state index contributed by atoms with van der Waals surface area (Å²) in [6, 6.07) is 5.08. The van der Waals surface area contributed by atoms with E-state index in [1.54, 1.807) is 22.7 Å². The molecular weight excluding hydrogens is 443 g/mol. The van der Waals surface area contributed by atoms with Gasteiger partial charge in [0.1, 0.15) is 5.82 Å². The Morgan fingerprint density at radius 3 is 2.53 bits per heavy atom. The first-order valence-corrected chi connectivity index (χ1v) is 11.4. The molecule has 0 spiro atoms. The Hall–Kier alpha value is -3.23. The van der Waals surface area contributed by atoms with Gasteiger partial charge in [0.25, 0.3) is 5.91 Å². The number of nitrogens with zero attached hydrogens (tertiary/aromatic N) is 5. The molecule has 0 N–H and O–H groups in total. The van der Waals surface area contributed by atoms with Crippen LogP contribution in [-0.2, 0) is 19.6 Å². The molecule has 0 aliphatic carbocycles. The predicted octanol–water partition coefficient (Wildman–Crippen LogP) is 5.44. The summed E-state index contributed by atoms with van der Waals surface area (Å²) >= 11 is 0. The van der Waals surface area contributed by atoms with Gasteiger partial charge in [-0.15, -0.1) is 0 Å². The van der Waals surface area contributed by atoms with Crippen LogP contribution >= 0.6 is 0 Å². The van der Waals surface area contributed by atoms with Gasteiger partial charge < -0.3 is 4.90 Å². The van der Waals surface area contributed by atoms with Crippen LogP contribution in [0.3, 0.4) is 0 Å². The molecule has 0 fully saturated rings. The maximum atomic E-state index is 13.8. The molecule has 6 nitrogen and oxygen atoms in total. The molecule has 2 aromatic heterocycles. The third-order valence-electron chi connectivity index (χ3n) is 6.59. The fourth-order valence-corrected chi connectivity index (χ4v) is 4.99. The van der Waals surface area contributed by atoms with E-state index in [-0.39, 0.29) is 17.2 Å². The van der Waals surface area contributed by atoms with Gasteiger partial charge >= 0.3 is 6.18 Å². The Morgan fingerprint density at radius 1 is 1.18 bits per heavy atom. The molecular formula is C25H28F3N5O. The summed E-state index contributed by atoms with van der Waals surface area (Å²) < 4.78 is 42.3. The fourth-order valence-electron chi connectivity index (χ4n) is 4.99. The summed E-state index contributed by atoms with van der Waals surface area (Å²) in [6.07, 6.45) is -0.747. The van der Waals surface area contributed by atoms with Crippen LogP contribution in [0, 0.1) is 13.8 Å². The number of alkyl halides is 3. The van der Waals surface area contributed by atoms with Gasteiger partial charge in [0.15, 0.2) is 0 Å². The van der Waals surface area contributed by atoms with Gasteiger partial charge in [-0.25, -0.2) is 9.97 Å². The van der Waals surface area contributed by atoms with Crippen LogP contribution < -0.4 is 0 Å². The molecule has 0 bridgehead atoms. The minimum atomic E-state index is -4.52. The topological polar surface area (TPSA) is 63.9 Å². The zero-order chi connectivity index (χ0) is 24.8. The highest BCUT2D eigenvalue weighted by atomic mass is 19.4. The number of carbonyl (C=O) groups excluding carboxylic acids is 1. The van der Waals surface area contributed by atoms with E-state index in [9.17, 15) is 18.0 Å². The molecule has 1 amide bonds. The van der Waals surface area contributed by atoms with E-state index in [4.69, 9.17) is 4.98 Å². The number of amides is 1. The number of benzene rings is 1. The summed E-state index contributed by atoms with van der Waals surface area (Å²) in [5.41, 5.74) is 2.58. The largest absolute Gasteiger partial charge is 0.416 e. The maximum absolute atomic E-state index is 13.8. The zero-order valence-corrected chi connectivity index (χ0v) is 19.9. The lowest BCUT2D eigenvalue weighted by Gasteiger charge is -2.42. The average Bonchev–Trinajstić information content (AvgIpc) is 3.19. The van der Waals surface area contributed by atoms with Crippen LogP contribution in [0.5, 0.6) is 0 Å². The first kappa shape index (κ1) is 23.9. The lowest BCUT2D eigenvalue weighted by molar-refractivity contribution is -0.138. The van der Waals surface area contributed by atoms with Gasteiger partial charge in [-0.05, 0) is 57.4 Å². The lowest BCUT2D eigenvalue weighted by atomic mass is 9.87. The second kappa shape index (κ2) is 8.85. The number of hydrogen-bond donors (Lipinski definition) is 0. The summed E-state index contributed by atoms with van der Waals surface area (Å²) in [5, 5.41) is 4.27. The molecule has 0 saturated heterocycles. The molecule has 3 heterocycles. The molecule has 4 rings (SSSR count). The smallest absolute Gasteiger partial charge is 0.327 e. The van der Waals surface area contributed by atoms with Crippen LogP contribution in [0.4, 0.5) is 13.2 Å². The Bertz CT molecular complexity index is 1230. The molecule has 0 saturated carbocycles. The van der Waals surface area contributed by atoms with Crippen molar-refractivity contribution >= 4 is 5.91 Å². The standard InChI is InChI=1S/C25H28F3N5O/c1-6-8-17-13-19-22(30-16(4)31-23(19)21-11-12-29-32(21)5)15(3)33(17)24(34)18-9-7-10-20(14(18)2)25(26,27)28/h7,9-12,15,17H,6,8,13H2,1-5H3/t15-,17-/m1/s1. The van der Waals surface area contributed by atoms with Crippen molar-refractivity contribution in [3.8, 4) is 11.4 Å². The SMILES string of the molecule is CCC[C@@H]1Cc2c(-c3ccnn3C)nc(C)nc2[C@@H](C)N1C(=O)c1cccc(C(F)(F)F)c1C. The van der Waals surface area contributed by atoms with Crippen molar-refractivity contribution in [2.24, 2.45) is 7.05 Å². The molecule has 0 radical (unpaired) electrons. The number of aryl methyl sites for hydroxylation is 2. The van der Waals surface area contributed by atoms with E-state index in [0.29, 0.717) is 18.7 Å². The summed E-state index contributed by atoms with van der Waals surface area (Å²) in [5.74, 6) is 0.164. The van der Waals surface area contributed by atoms with Crippen molar-refractivity contribution in [1.29, 1.82) is 0 Å². The maximum Gasteiger partial charge on any atom is 0.416 e. The summed E-state index contributed by atoms with van der Waals surface area (Å²) in [4.78, 5) is 24.9. The van der Waals surface area contributed by atoms with E-state index in [2.05, 4.69) is 10.1 Å².